The number of ether oxygens (including phenoxy) is 2. The largest absolute Gasteiger partial charge is 0.480 e. The Labute approximate surface area is 112 Å². The van der Waals surface area contributed by atoms with Gasteiger partial charge in [-0.15, -0.1) is 0 Å². The van der Waals surface area contributed by atoms with Crippen LogP contribution in [-0.4, -0.2) is 48.8 Å². The molecule has 1 atom stereocenters. The number of amides is 1. The van der Waals surface area contributed by atoms with Crippen molar-refractivity contribution < 1.29 is 29.0 Å². The summed E-state index contributed by atoms with van der Waals surface area (Å²) in [4.78, 5) is 33.6. The maximum absolute atomic E-state index is 11.7. The topological polar surface area (TPSA) is 102 Å². The third kappa shape index (κ3) is 7.40. The van der Waals surface area contributed by atoms with E-state index in [1.165, 1.54) is 14.2 Å². The van der Waals surface area contributed by atoms with Gasteiger partial charge in [-0.05, 0) is 20.3 Å². The molecule has 1 unspecified atom stereocenters. The summed E-state index contributed by atoms with van der Waals surface area (Å²) in [5, 5.41) is 11.3. The molecule has 19 heavy (non-hydrogen) atoms. The minimum atomic E-state index is -1.19. The van der Waals surface area contributed by atoms with E-state index in [0.29, 0.717) is 0 Å². The molecular weight excluding hydrogens is 254 g/mol. The summed E-state index contributed by atoms with van der Waals surface area (Å²) < 4.78 is 9.50. The smallest absolute Gasteiger partial charge is 0.326 e. The lowest BCUT2D eigenvalue weighted by Gasteiger charge is -2.23. The number of hydrogen-bond donors (Lipinski definition) is 2. The van der Waals surface area contributed by atoms with Gasteiger partial charge in [0.05, 0.1) is 19.1 Å². The van der Waals surface area contributed by atoms with E-state index in [0.717, 1.165) is 0 Å². The molecule has 0 aromatic rings. The summed E-state index contributed by atoms with van der Waals surface area (Å²) in [6, 6.07) is -1.11. The maximum atomic E-state index is 11.7. The van der Waals surface area contributed by atoms with Crippen molar-refractivity contribution in [3.8, 4) is 0 Å². The zero-order valence-corrected chi connectivity index (χ0v) is 11.7. The first-order chi connectivity index (χ1) is 8.71. The zero-order chi connectivity index (χ0) is 15.1. The standard InChI is InChI=1S/C12H21NO6/c1-12(2,19-4)7-9(14)13-8(11(16)17)5-6-10(15)18-3/h8H,5-7H2,1-4H3,(H,13,14)(H,16,17). The van der Waals surface area contributed by atoms with Crippen molar-refractivity contribution in [1.29, 1.82) is 0 Å². The van der Waals surface area contributed by atoms with Gasteiger partial charge in [-0.1, -0.05) is 0 Å². The highest BCUT2D eigenvalue weighted by Crippen LogP contribution is 2.13. The predicted octanol–water partition coefficient (Wildman–Crippen LogP) is 0.324. The molecule has 0 aromatic heterocycles. The third-order valence-electron chi connectivity index (χ3n) is 2.64. The number of carboxylic acid groups (broad SMARTS) is 1. The SMILES string of the molecule is COC(=O)CCC(NC(=O)CC(C)(C)OC)C(=O)O. The van der Waals surface area contributed by atoms with Gasteiger partial charge in [0.25, 0.3) is 0 Å². The molecule has 0 aliphatic carbocycles. The Bertz CT molecular complexity index is 339. The van der Waals surface area contributed by atoms with E-state index in [4.69, 9.17) is 9.84 Å². The second-order valence-electron chi connectivity index (χ2n) is 4.71. The van der Waals surface area contributed by atoms with E-state index in [1.807, 2.05) is 0 Å². The number of carboxylic acids is 1. The zero-order valence-electron chi connectivity index (χ0n) is 11.7. The van der Waals surface area contributed by atoms with Crippen LogP contribution in [0.5, 0.6) is 0 Å². The maximum Gasteiger partial charge on any atom is 0.326 e. The van der Waals surface area contributed by atoms with Crippen LogP contribution in [-0.2, 0) is 23.9 Å². The molecule has 0 rings (SSSR count). The van der Waals surface area contributed by atoms with Crippen LogP contribution in [0.2, 0.25) is 0 Å². The van der Waals surface area contributed by atoms with Crippen LogP contribution >= 0.6 is 0 Å². The van der Waals surface area contributed by atoms with E-state index in [9.17, 15) is 14.4 Å². The van der Waals surface area contributed by atoms with Crippen molar-refractivity contribution in [3.05, 3.63) is 0 Å². The van der Waals surface area contributed by atoms with Crippen LogP contribution in [0.3, 0.4) is 0 Å². The molecule has 7 nitrogen and oxygen atoms in total. The van der Waals surface area contributed by atoms with Crippen molar-refractivity contribution in [2.24, 2.45) is 0 Å². The number of carbonyl (C=O) groups excluding carboxylic acids is 2. The Balaban J connectivity index is 4.39. The van der Waals surface area contributed by atoms with Gasteiger partial charge in [-0.25, -0.2) is 4.79 Å². The number of rotatable bonds is 8. The molecule has 0 heterocycles. The molecule has 0 aromatic carbocycles. The lowest BCUT2D eigenvalue weighted by molar-refractivity contribution is -0.144. The first kappa shape index (κ1) is 17.4. The number of aliphatic carboxylic acids is 1. The highest BCUT2D eigenvalue weighted by Gasteiger charge is 2.26. The summed E-state index contributed by atoms with van der Waals surface area (Å²) >= 11 is 0. The Morgan fingerprint density at radius 3 is 2.26 bits per heavy atom. The Kier molecular flexibility index (Phi) is 7.06. The molecule has 0 fully saturated rings. The molecule has 110 valence electrons. The van der Waals surface area contributed by atoms with Crippen molar-refractivity contribution >= 4 is 17.8 Å². The lowest BCUT2D eigenvalue weighted by Crippen LogP contribution is -2.43. The number of hydrogen-bond acceptors (Lipinski definition) is 5. The van der Waals surface area contributed by atoms with Crippen LogP contribution in [0.1, 0.15) is 33.1 Å². The molecule has 0 saturated heterocycles. The van der Waals surface area contributed by atoms with E-state index < -0.39 is 29.5 Å². The summed E-state index contributed by atoms with van der Waals surface area (Å²) in [5.41, 5.74) is -0.671. The predicted molar refractivity (Wildman–Crippen MR) is 66.5 cm³/mol. The van der Waals surface area contributed by atoms with Crippen molar-refractivity contribution in [1.82, 2.24) is 5.32 Å². The van der Waals surface area contributed by atoms with Gasteiger partial charge in [0, 0.05) is 13.5 Å². The van der Waals surface area contributed by atoms with Gasteiger partial charge in [-0.3, -0.25) is 9.59 Å². The van der Waals surface area contributed by atoms with E-state index in [1.54, 1.807) is 13.8 Å². The van der Waals surface area contributed by atoms with E-state index in [2.05, 4.69) is 10.1 Å². The summed E-state index contributed by atoms with van der Waals surface area (Å²) in [6.45, 7) is 3.44. The molecule has 7 heteroatoms. The second kappa shape index (κ2) is 7.73. The Morgan fingerprint density at radius 2 is 1.84 bits per heavy atom. The van der Waals surface area contributed by atoms with Crippen LogP contribution in [0, 0.1) is 0 Å². The van der Waals surface area contributed by atoms with E-state index in [-0.39, 0.29) is 19.3 Å². The van der Waals surface area contributed by atoms with Gasteiger partial charge in [0.15, 0.2) is 0 Å². The molecule has 0 saturated carbocycles. The average molecular weight is 275 g/mol. The average Bonchev–Trinajstić information content (AvgIpc) is 2.32. The van der Waals surface area contributed by atoms with Gasteiger partial charge in [0.1, 0.15) is 6.04 Å². The molecule has 0 spiro atoms. The number of nitrogens with one attached hydrogen (secondary N) is 1. The summed E-state index contributed by atoms with van der Waals surface area (Å²) in [6.07, 6.45) is -0.0475. The molecule has 0 aliphatic rings. The molecule has 0 bridgehead atoms. The monoisotopic (exact) mass is 275 g/mol. The lowest BCUT2D eigenvalue weighted by atomic mass is 10.0. The molecular formula is C12H21NO6. The van der Waals surface area contributed by atoms with Gasteiger partial charge in [0.2, 0.25) is 5.91 Å². The summed E-state index contributed by atoms with van der Waals surface area (Å²) in [5.74, 6) is -2.14. The quantitative estimate of drug-likeness (QED) is 0.619. The van der Waals surface area contributed by atoms with Crippen LogP contribution < -0.4 is 5.32 Å². The number of carbonyl (C=O) groups is 3. The first-order valence-electron chi connectivity index (χ1n) is 5.86. The molecule has 2 N–H and O–H groups in total. The van der Waals surface area contributed by atoms with E-state index >= 15 is 0 Å². The molecule has 0 radical (unpaired) electrons. The first-order valence-corrected chi connectivity index (χ1v) is 5.86. The number of esters is 1. The fraction of sp³-hybridized carbons (Fsp3) is 0.750. The van der Waals surface area contributed by atoms with Gasteiger partial charge < -0.3 is 19.9 Å². The molecule has 1 amide bonds. The fourth-order valence-electron chi connectivity index (χ4n) is 1.33. The van der Waals surface area contributed by atoms with Gasteiger partial charge in [-0.2, -0.15) is 0 Å². The minimum absolute atomic E-state index is 0.0127. The summed E-state index contributed by atoms with van der Waals surface area (Å²) in [7, 11) is 2.69. The highest BCUT2D eigenvalue weighted by atomic mass is 16.5. The van der Waals surface area contributed by atoms with Crippen LogP contribution in [0.15, 0.2) is 0 Å². The van der Waals surface area contributed by atoms with Gasteiger partial charge >= 0.3 is 11.9 Å². The Morgan fingerprint density at radius 1 is 1.26 bits per heavy atom. The number of methoxy groups -OCH3 is 2. The van der Waals surface area contributed by atoms with Crippen molar-refractivity contribution in [2.45, 2.75) is 44.8 Å². The minimum Gasteiger partial charge on any atom is -0.480 e. The normalized spacial score (nSPS) is 12.6. The fourth-order valence-corrected chi connectivity index (χ4v) is 1.33. The van der Waals surface area contributed by atoms with Crippen molar-refractivity contribution in [3.63, 3.8) is 0 Å². The molecule has 0 aliphatic heterocycles. The van der Waals surface area contributed by atoms with Crippen LogP contribution in [0.25, 0.3) is 0 Å². The van der Waals surface area contributed by atoms with Crippen LogP contribution in [0.4, 0.5) is 0 Å². The van der Waals surface area contributed by atoms with Crippen molar-refractivity contribution in [2.75, 3.05) is 14.2 Å². The highest BCUT2D eigenvalue weighted by molar-refractivity contribution is 5.84. The Hall–Kier alpha value is -1.63. The second-order valence-corrected chi connectivity index (χ2v) is 4.71. The third-order valence-corrected chi connectivity index (χ3v) is 2.64.